The zero-order valence-electron chi connectivity index (χ0n) is 21.0. The van der Waals surface area contributed by atoms with Crippen molar-refractivity contribution in [2.45, 2.75) is 66.4 Å². The van der Waals surface area contributed by atoms with Gasteiger partial charge in [-0.25, -0.2) is 4.79 Å². The van der Waals surface area contributed by atoms with Crippen molar-refractivity contribution in [3.05, 3.63) is 65.7 Å². The Bertz CT molecular complexity index is 985. The molecule has 0 bridgehead atoms. The lowest BCUT2D eigenvalue weighted by atomic mass is 10.1. The fraction of sp³-hybridized carbons (Fsp3) is 0.385. The van der Waals surface area contributed by atoms with Crippen LogP contribution in [0.4, 0.5) is 10.5 Å². The first-order valence-electron chi connectivity index (χ1n) is 11.1. The maximum Gasteiger partial charge on any atom is 0.408 e. The van der Waals surface area contributed by atoms with Gasteiger partial charge in [-0.1, -0.05) is 48.5 Å². The van der Waals surface area contributed by atoms with E-state index in [1.807, 2.05) is 30.3 Å². The molecule has 190 valence electrons. The van der Waals surface area contributed by atoms with Gasteiger partial charge in [0.05, 0.1) is 0 Å². The number of esters is 2. The average molecular weight is 487 g/mol. The molecule has 0 radical (unpaired) electrons. The number of nitrogens with one attached hydrogen (secondary N) is 2. The Hall–Kier alpha value is -3.88. The highest BCUT2D eigenvalue weighted by Crippen LogP contribution is 2.16. The van der Waals surface area contributed by atoms with E-state index in [0.717, 1.165) is 5.56 Å². The van der Waals surface area contributed by atoms with Crippen molar-refractivity contribution in [1.29, 1.82) is 0 Å². The molecule has 2 aromatic rings. The van der Waals surface area contributed by atoms with E-state index in [1.165, 1.54) is 13.8 Å². The predicted molar refractivity (Wildman–Crippen MR) is 131 cm³/mol. The van der Waals surface area contributed by atoms with Crippen LogP contribution in [0.1, 0.15) is 52.7 Å². The molecule has 0 heterocycles. The first kappa shape index (κ1) is 29.2. The molecule has 2 amide bonds. The lowest BCUT2D eigenvalue weighted by Gasteiger charge is -2.22. The molecule has 9 heteroatoms. The highest BCUT2D eigenvalue weighted by atomic mass is 16.6. The molecule has 2 N–H and O–H groups in total. The van der Waals surface area contributed by atoms with E-state index < -0.39 is 29.6 Å². The molecule has 2 rings (SSSR count). The lowest BCUT2D eigenvalue weighted by molar-refractivity contribution is -0.143. The van der Waals surface area contributed by atoms with E-state index in [9.17, 15) is 19.2 Å². The van der Waals surface area contributed by atoms with E-state index in [1.54, 1.807) is 52.0 Å². The van der Waals surface area contributed by atoms with Crippen LogP contribution in [0, 0.1) is 0 Å². The molecule has 0 aliphatic heterocycles. The molecule has 0 saturated heterocycles. The monoisotopic (exact) mass is 486 g/mol. The molecule has 0 aliphatic carbocycles. The van der Waals surface area contributed by atoms with Gasteiger partial charge in [-0.3, -0.25) is 14.4 Å². The Labute approximate surface area is 206 Å². The number of carbonyl (C=O) groups is 4. The number of anilines is 1. The molecule has 0 spiro atoms. The van der Waals surface area contributed by atoms with Crippen LogP contribution in [0.2, 0.25) is 0 Å². The smallest absolute Gasteiger partial charge is 0.408 e. The minimum Gasteiger partial charge on any atom is -0.461 e. The van der Waals surface area contributed by atoms with Gasteiger partial charge >= 0.3 is 18.0 Å². The predicted octanol–water partition coefficient (Wildman–Crippen LogP) is 4.35. The Morgan fingerprint density at radius 1 is 0.829 bits per heavy atom. The van der Waals surface area contributed by atoms with E-state index in [2.05, 4.69) is 10.6 Å². The second-order valence-corrected chi connectivity index (χ2v) is 8.56. The first-order valence-corrected chi connectivity index (χ1v) is 11.1. The van der Waals surface area contributed by atoms with Gasteiger partial charge in [0.2, 0.25) is 5.91 Å². The largest absolute Gasteiger partial charge is 0.461 e. The summed E-state index contributed by atoms with van der Waals surface area (Å²) >= 11 is 0. The minimum absolute atomic E-state index is 0.0552. The standard InChI is InChI=1S/C17H24N2O5.C9H10O2/c1-11(18-16(22)24-17(3,4)5)15(21)19-14-9-7-6-8-13(14)10-23-12(2)20;1-8(10)11-7-9-5-3-2-4-6-9/h6-9,11H,10H2,1-5H3,(H,18,22)(H,19,21);2-6H,7H2,1H3. The van der Waals surface area contributed by atoms with Crippen molar-refractivity contribution in [1.82, 2.24) is 5.32 Å². The highest BCUT2D eigenvalue weighted by Gasteiger charge is 2.21. The van der Waals surface area contributed by atoms with E-state index in [-0.39, 0.29) is 12.6 Å². The summed E-state index contributed by atoms with van der Waals surface area (Å²) in [6.07, 6.45) is -0.668. The van der Waals surface area contributed by atoms with Gasteiger partial charge in [-0.05, 0) is 39.3 Å². The number of carbonyl (C=O) groups excluding carboxylic acids is 4. The number of ether oxygens (including phenoxy) is 3. The third kappa shape index (κ3) is 13.4. The average Bonchev–Trinajstić information content (AvgIpc) is 2.76. The quantitative estimate of drug-likeness (QED) is 0.441. The maximum atomic E-state index is 12.2. The number of amides is 2. The highest BCUT2D eigenvalue weighted by molar-refractivity contribution is 5.96. The van der Waals surface area contributed by atoms with Crippen molar-refractivity contribution in [2.24, 2.45) is 0 Å². The van der Waals surface area contributed by atoms with Crippen molar-refractivity contribution < 1.29 is 33.4 Å². The van der Waals surface area contributed by atoms with Gasteiger partial charge < -0.3 is 24.8 Å². The third-order valence-electron chi connectivity index (χ3n) is 4.12. The third-order valence-corrected chi connectivity index (χ3v) is 4.12. The van der Waals surface area contributed by atoms with Crippen LogP contribution in [0.25, 0.3) is 0 Å². The normalized spacial score (nSPS) is 11.1. The summed E-state index contributed by atoms with van der Waals surface area (Å²) in [5.74, 6) is -1.05. The van der Waals surface area contributed by atoms with Crippen molar-refractivity contribution in [2.75, 3.05) is 5.32 Å². The topological polar surface area (TPSA) is 120 Å². The van der Waals surface area contributed by atoms with Crippen LogP contribution in [-0.4, -0.2) is 35.6 Å². The molecule has 0 aliphatic rings. The van der Waals surface area contributed by atoms with Gasteiger partial charge in [-0.2, -0.15) is 0 Å². The summed E-state index contributed by atoms with van der Waals surface area (Å²) in [4.78, 5) is 45.2. The molecule has 1 atom stereocenters. The van der Waals surface area contributed by atoms with Crippen molar-refractivity contribution >= 4 is 29.6 Å². The van der Waals surface area contributed by atoms with Gasteiger partial charge in [0.25, 0.3) is 0 Å². The van der Waals surface area contributed by atoms with E-state index in [0.29, 0.717) is 17.9 Å². The molecule has 35 heavy (non-hydrogen) atoms. The summed E-state index contributed by atoms with van der Waals surface area (Å²) in [7, 11) is 0. The molecular weight excluding hydrogens is 452 g/mol. The maximum absolute atomic E-state index is 12.2. The van der Waals surface area contributed by atoms with E-state index >= 15 is 0 Å². The van der Waals surface area contributed by atoms with Crippen LogP contribution >= 0.6 is 0 Å². The first-order chi connectivity index (χ1) is 16.4. The molecule has 0 saturated carbocycles. The second kappa shape index (κ2) is 14.4. The molecule has 9 nitrogen and oxygen atoms in total. The Morgan fingerprint density at radius 2 is 1.37 bits per heavy atom. The molecule has 0 fully saturated rings. The summed E-state index contributed by atoms with van der Waals surface area (Å²) in [5, 5.41) is 5.17. The van der Waals surface area contributed by atoms with E-state index in [4.69, 9.17) is 14.2 Å². The Kier molecular flexibility index (Phi) is 12.0. The molecular formula is C26H34N2O7. The molecule has 2 aromatic carbocycles. The molecule has 0 aromatic heterocycles. The van der Waals surface area contributed by atoms with Crippen molar-refractivity contribution in [3.8, 4) is 0 Å². The molecule has 1 unspecified atom stereocenters. The summed E-state index contributed by atoms with van der Waals surface area (Å²) in [6, 6.07) is 15.8. The van der Waals surface area contributed by atoms with Gasteiger partial charge in [0.15, 0.2) is 0 Å². The SMILES string of the molecule is CC(=O)OCc1ccccc1.CC(=O)OCc1ccccc1NC(=O)C(C)NC(=O)OC(C)(C)C. The lowest BCUT2D eigenvalue weighted by Crippen LogP contribution is -2.44. The summed E-state index contributed by atoms with van der Waals surface area (Å²) in [5.41, 5.74) is 1.55. The van der Waals surface area contributed by atoms with Crippen LogP contribution in [0.5, 0.6) is 0 Å². The summed E-state index contributed by atoms with van der Waals surface area (Å²) in [6.45, 7) is 9.91. The number of para-hydroxylation sites is 1. The second-order valence-electron chi connectivity index (χ2n) is 8.56. The van der Waals surface area contributed by atoms with Gasteiger partial charge in [0, 0.05) is 25.1 Å². The zero-order chi connectivity index (χ0) is 26.4. The minimum atomic E-state index is -0.790. The summed E-state index contributed by atoms with van der Waals surface area (Å²) < 4.78 is 14.8. The fourth-order valence-electron chi connectivity index (χ4n) is 2.50. The zero-order valence-corrected chi connectivity index (χ0v) is 21.0. The number of hydrogen-bond acceptors (Lipinski definition) is 7. The van der Waals surface area contributed by atoms with Crippen molar-refractivity contribution in [3.63, 3.8) is 0 Å². The van der Waals surface area contributed by atoms with Gasteiger partial charge in [0.1, 0.15) is 24.9 Å². The van der Waals surface area contributed by atoms with Crippen LogP contribution in [-0.2, 0) is 41.8 Å². The Balaban J connectivity index is 0.000000462. The number of rotatable bonds is 7. The van der Waals surface area contributed by atoms with Crippen LogP contribution in [0.3, 0.4) is 0 Å². The Morgan fingerprint density at radius 3 is 1.94 bits per heavy atom. The van der Waals surface area contributed by atoms with Crippen LogP contribution < -0.4 is 10.6 Å². The number of alkyl carbamates (subject to hydrolysis) is 1. The number of benzene rings is 2. The van der Waals surface area contributed by atoms with Crippen LogP contribution in [0.15, 0.2) is 54.6 Å². The number of hydrogen-bond donors (Lipinski definition) is 2. The van der Waals surface area contributed by atoms with Gasteiger partial charge in [-0.15, -0.1) is 0 Å². The fourth-order valence-corrected chi connectivity index (χ4v) is 2.50.